The monoisotopic (exact) mass is 235 g/mol. The van der Waals surface area contributed by atoms with E-state index in [1.807, 2.05) is 30.5 Å². The first kappa shape index (κ1) is 11.3. The van der Waals surface area contributed by atoms with Gasteiger partial charge in [0.1, 0.15) is 5.82 Å². The van der Waals surface area contributed by atoms with Crippen LogP contribution in [0, 0.1) is 12.7 Å². The molecule has 1 unspecified atom stereocenters. The Morgan fingerprint density at radius 1 is 1.38 bits per heavy atom. The van der Waals surface area contributed by atoms with Gasteiger partial charge in [-0.05, 0) is 48.1 Å². The van der Waals surface area contributed by atoms with E-state index in [9.17, 15) is 4.39 Å². The van der Waals surface area contributed by atoms with Crippen LogP contribution >= 0.6 is 11.3 Å². The van der Waals surface area contributed by atoms with Crippen molar-refractivity contribution in [2.24, 2.45) is 5.73 Å². The molecule has 2 N–H and O–H groups in total. The largest absolute Gasteiger partial charge is 0.323 e. The summed E-state index contributed by atoms with van der Waals surface area (Å²) in [4.78, 5) is 1.17. The summed E-state index contributed by atoms with van der Waals surface area (Å²) in [6.07, 6.45) is 0.757. The molecule has 0 radical (unpaired) electrons. The Morgan fingerprint density at radius 2 is 2.19 bits per heavy atom. The number of halogens is 1. The van der Waals surface area contributed by atoms with Gasteiger partial charge in [0.15, 0.2) is 0 Å². The standard InChI is InChI=1S/C13H14FNS/c1-9-7-11(14)5-4-10(9)8-12(15)13-3-2-6-16-13/h2-7,12H,8,15H2,1H3. The van der Waals surface area contributed by atoms with Gasteiger partial charge in [0, 0.05) is 10.9 Å². The number of hydrogen-bond donors (Lipinski definition) is 1. The van der Waals surface area contributed by atoms with Crippen LogP contribution in [-0.2, 0) is 6.42 Å². The second-order valence-corrected chi connectivity index (χ2v) is 4.88. The summed E-state index contributed by atoms with van der Waals surface area (Å²) in [5.74, 6) is -0.189. The maximum absolute atomic E-state index is 12.9. The average molecular weight is 235 g/mol. The molecule has 0 saturated heterocycles. The summed E-state index contributed by atoms with van der Waals surface area (Å²) >= 11 is 1.66. The Bertz CT molecular complexity index is 465. The molecule has 0 fully saturated rings. The Morgan fingerprint density at radius 3 is 2.81 bits per heavy atom. The van der Waals surface area contributed by atoms with Gasteiger partial charge in [0.05, 0.1) is 0 Å². The van der Waals surface area contributed by atoms with Gasteiger partial charge in [-0.1, -0.05) is 12.1 Å². The van der Waals surface area contributed by atoms with Crippen LogP contribution in [0.5, 0.6) is 0 Å². The highest BCUT2D eigenvalue weighted by atomic mass is 32.1. The third kappa shape index (κ3) is 2.49. The van der Waals surface area contributed by atoms with E-state index >= 15 is 0 Å². The van der Waals surface area contributed by atoms with Gasteiger partial charge < -0.3 is 5.73 Å². The van der Waals surface area contributed by atoms with E-state index in [1.165, 1.54) is 10.9 Å². The van der Waals surface area contributed by atoms with Gasteiger partial charge >= 0.3 is 0 Å². The summed E-state index contributed by atoms with van der Waals surface area (Å²) in [6, 6.07) is 8.90. The third-order valence-corrected chi connectivity index (χ3v) is 3.66. The lowest BCUT2D eigenvalue weighted by molar-refractivity contribution is 0.624. The third-order valence-electron chi connectivity index (χ3n) is 2.65. The van der Waals surface area contributed by atoms with Gasteiger partial charge in [-0.2, -0.15) is 0 Å². The van der Waals surface area contributed by atoms with Crippen molar-refractivity contribution in [3.63, 3.8) is 0 Å². The molecule has 1 heterocycles. The van der Waals surface area contributed by atoms with Crippen LogP contribution in [0.4, 0.5) is 4.39 Å². The van der Waals surface area contributed by atoms with Crippen molar-refractivity contribution in [2.75, 3.05) is 0 Å². The molecule has 2 aromatic rings. The SMILES string of the molecule is Cc1cc(F)ccc1CC(N)c1cccs1. The minimum absolute atomic E-state index is 0.00385. The molecule has 0 bridgehead atoms. The van der Waals surface area contributed by atoms with Crippen molar-refractivity contribution in [3.05, 3.63) is 57.5 Å². The smallest absolute Gasteiger partial charge is 0.123 e. The lowest BCUT2D eigenvalue weighted by Gasteiger charge is -2.11. The van der Waals surface area contributed by atoms with Gasteiger partial charge in [0.25, 0.3) is 0 Å². The van der Waals surface area contributed by atoms with Crippen LogP contribution in [0.2, 0.25) is 0 Å². The minimum atomic E-state index is -0.189. The van der Waals surface area contributed by atoms with Crippen molar-refractivity contribution < 1.29 is 4.39 Å². The summed E-state index contributed by atoms with van der Waals surface area (Å²) < 4.78 is 12.9. The Balaban J connectivity index is 2.15. The van der Waals surface area contributed by atoms with Crippen molar-refractivity contribution in [3.8, 4) is 0 Å². The Hall–Kier alpha value is -1.19. The van der Waals surface area contributed by atoms with Crippen LogP contribution < -0.4 is 5.73 Å². The van der Waals surface area contributed by atoms with E-state index in [0.717, 1.165) is 17.5 Å². The minimum Gasteiger partial charge on any atom is -0.323 e. The van der Waals surface area contributed by atoms with E-state index in [-0.39, 0.29) is 11.9 Å². The van der Waals surface area contributed by atoms with Gasteiger partial charge in [0.2, 0.25) is 0 Å². The fourth-order valence-corrected chi connectivity index (χ4v) is 2.46. The van der Waals surface area contributed by atoms with Crippen molar-refractivity contribution in [1.29, 1.82) is 0 Å². The molecule has 0 aliphatic heterocycles. The van der Waals surface area contributed by atoms with E-state index in [0.29, 0.717) is 0 Å². The van der Waals surface area contributed by atoms with Gasteiger partial charge in [-0.25, -0.2) is 4.39 Å². The van der Waals surface area contributed by atoms with Crippen LogP contribution in [0.3, 0.4) is 0 Å². The molecule has 0 aliphatic carbocycles. The number of thiophene rings is 1. The molecular formula is C13H14FNS. The normalized spacial score (nSPS) is 12.7. The Labute approximate surface area is 98.7 Å². The van der Waals surface area contributed by atoms with E-state index in [2.05, 4.69) is 0 Å². The number of aryl methyl sites for hydroxylation is 1. The van der Waals surface area contributed by atoms with Gasteiger partial charge in [-0.3, -0.25) is 0 Å². The first-order valence-corrected chi connectivity index (χ1v) is 6.09. The lowest BCUT2D eigenvalue weighted by Crippen LogP contribution is -2.12. The maximum Gasteiger partial charge on any atom is 0.123 e. The highest BCUT2D eigenvalue weighted by molar-refractivity contribution is 7.10. The fourth-order valence-electron chi connectivity index (χ4n) is 1.73. The van der Waals surface area contributed by atoms with Crippen LogP contribution in [0.25, 0.3) is 0 Å². The van der Waals surface area contributed by atoms with Crippen molar-refractivity contribution in [2.45, 2.75) is 19.4 Å². The first-order valence-electron chi connectivity index (χ1n) is 5.21. The molecule has 1 atom stereocenters. The fraction of sp³-hybridized carbons (Fsp3) is 0.231. The summed E-state index contributed by atoms with van der Waals surface area (Å²) in [6.45, 7) is 1.92. The zero-order chi connectivity index (χ0) is 11.5. The summed E-state index contributed by atoms with van der Waals surface area (Å²) in [5.41, 5.74) is 8.17. The molecule has 1 aromatic carbocycles. The molecule has 2 rings (SSSR count). The maximum atomic E-state index is 12.9. The highest BCUT2D eigenvalue weighted by Crippen LogP contribution is 2.22. The first-order chi connectivity index (χ1) is 7.66. The number of hydrogen-bond acceptors (Lipinski definition) is 2. The van der Waals surface area contributed by atoms with Crippen LogP contribution in [0.15, 0.2) is 35.7 Å². The predicted octanol–water partition coefficient (Wildman–Crippen LogP) is 3.44. The molecule has 0 saturated carbocycles. The number of benzene rings is 1. The summed E-state index contributed by atoms with van der Waals surface area (Å²) in [5, 5.41) is 2.02. The number of nitrogens with two attached hydrogens (primary N) is 1. The summed E-state index contributed by atoms with van der Waals surface area (Å²) in [7, 11) is 0. The topological polar surface area (TPSA) is 26.0 Å². The van der Waals surface area contributed by atoms with E-state index < -0.39 is 0 Å². The van der Waals surface area contributed by atoms with Gasteiger partial charge in [-0.15, -0.1) is 11.3 Å². The van der Waals surface area contributed by atoms with E-state index in [4.69, 9.17) is 5.73 Å². The highest BCUT2D eigenvalue weighted by Gasteiger charge is 2.09. The predicted molar refractivity (Wildman–Crippen MR) is 66.1 cm³/mol. The molecule has 0 aliphatic rings. The molecule has 0 spiro atoms. The molecule has 1 aromatic heterocycles. The van der Waals surface area contributed by atoms with Crippen LogP contribution in [0.1, 0.15) is 22.0 Å². The molecular weight excluding hydrogens is 221 g/mol. The van der Waals surface area contributed by atoms with Crippen molar-refractivity contribution >= 4 is 11.3 Å². The Kier molecular flexibility index (Phi) is 3.36. The second-order valence-electron chi connectivity index (χ2n) is 3.90. The molecule has 16 heavy (non-hydrogen) atoms. The van der Waals surface area contributed by atoms with E-state index in [1.54, 1.807) is 17.4 Å². The zero-order valence-electron chi connectivity index (χ0n) is 9.11. The molecule has 1 nitrogen and oxygen atoms in total. The molecule has 84 valence electrons. The molecule has 3 heteroatoms. The lowest BCUT2D eigenvalue weighted by atomic mass is 10.0. The van der Waals surface area contributed by atoms with Crippen molar-refractivity contribution in [1.82, 2.24) is 0 Å². The molecule has 0 amide bonds. The average Bonchev–Trinajstić information content (AvgIpc) is 2.75. The zero-order valence-corrected chi connectivity index (χ0v) is 9.93. The number of rotatable bonds is 3. The second kappa shape index (κ2) is 4.76. The quantitative estimate of drug-likeness (QED) is 0.866. The van der Waals surface area contributed by atoms with Crippen LogP contribution in [-0.4, -0.2) is 0 Å².